The van der Waals surface area contributed by atoms with Crippen molar-refractivity contribution in [1.82, 2.24) is 10.2 Å². The molecule has 6 heteroatoms. The number of benzene rings is 3. The van der Waals surface area contributed by atoms with Crippen LogP contribution < -0.4 is 10.1 Å². The second kappa shape index (κ2) is 14.0. The third-order valence-electron chi connectivity index (χ3n) is 6.45. The number of carbonyl (C=O) groups excluding carboxylic acids is 2. The summed E-state index contributed by atoms with van der Waals surface area (Å²) in [5, 5.41) is 3.65. The number of rotatable bonds is 12. The van der Waals surface area contributed by atoms with Crippen LogP contribution >= 0.6 is 11.6 Å². The first-order valence-corrected chi connectivity index (χ1v) is 13.6. The van der Waals surface area contributed by atoms with Gasteiger partial charge in [-0.1, -0.05) is 100 Å². The first-order chi connectivity index (χ1) is 18.2. The minimum absolute atomic E-state index is 0.0273. The van der Waals surface area contributed by atoms with Crippen molar-refractivity contribution in [2.24, 2.45) is 0 Å². The average Bonchev–Trinajstić information content (AvgIpc) is 2.90. The predicted octanol–water partition coefficient (Wildman–Crippen LogP) is 6.57. The van der Waals surface area contributed by atoms with Crippen LogP contribution in [0.4, 0.5) is 0 Å². The van der Waals surface area contributed by atoms with E-state index >= 15 is 0 Å². The summed E-state index contributed by atoms with van der Waals surface area (Å²) in [5.41, 5.74) is 3.08. The van der Waals surface area contributed by atoms with Gasteiger partial charge in [-0.25, -0.2) is 0 Å². The number of nitrogens with one attached hydrogen (secondary N) is 1. The molecule has 1 N–H and O–H groups in total. The number of hydrogen-bond donors (Lipinski definition) is 1. The van der Waals surface area contributed by atoms with E-state index in [9.17, 15) is 9.59 Å². The van der Waals surface area contributed by atoms with Crippen LogP contribution in [0.3, 0.4) is 0 Å². The van der Waals surface area contributed by atoms with Gasteiger partial charge in [0.05, 0.1) is 0 Å². The second-order valence-electron chi connectivity index (χ2n) is 10.6. The molecule has 0 aliphatic heterocycles. The Morgan fingerprint density at radius 3 is 2.18 bits per heavy atom. The zero-order chi connectivity index (χ0) is 27.5. The Morgan fingerprint density at radius 2 is 1.58 bits per heavy atom. The van der Waals surface area contributed by atoms with Crippen LogP contribution in [0, 0.1) is 0 Å². The van der Waals surface area contributed by atoms with Crippen LogP contribution in [0.2, 0.25) is 5.02 Å². The molecule has 0 saturated heterocycles. The van der Waals surface area contributed by atoms with Gasteiger partial charge >= 0.3 is 0 Å². The molecule has 1 atom stereocenters. The highest BCUT2D eigenvalue weighted by Gasteiger charge is 2.30. The molecule has 0 bridgehead atoms. The molecule has 3 aromatic rings. The van der Waals surface area contributed by atoms with Crippen molar-refractivity contribution in [2.75, 3.05) is 13.2 Å². The lowest BCUT2D eigenvalue weighted by atomic mass is 9.87. The van der Waals surface area contributed by atoms with E-state index in [2.05, 4.69) is 33.0 Å². The van der Waals surface area contributed by atoms with Crippen molar-refractivity contribution in [2.45, 2.75) is 65.0 Å². The lowest BCUT2D eigenvalue weighted by molar-refractivity contribution is -0.142. The second-order valence-corrected chi connectivity index (χ2v) is 11.0. The minimum atomic E-state index is -0.690. The molecule has 0 spiro atoms. The van der Waals surface area contributed by atoms with Gasteiger partial charge in [0.2, 0.25) is 5.91 Å². The fourth-order valence-corrected chi connectivity index (χ4v) is 4.25. The molecule has 0 aromatic heterocycles. The van der Waals surface area contributed by atoms with Crippen LogP contribution in [-0.2, 0) is 28.0 Å². The average molecular weight is 535 g/mol. The Balaban J connectivity index is 1.85. The molecule has 0 fully saturated rings. The van der Waals surface area contributed by atoms with E-state index < -0.39 is 6.04 Å². The number of unbranched alkanes of at least 4 members (excludes halogenated alkanes) is 1. The quantitative estimate of drug-likeness (QED) is 0.267. The van der Waals surface area contributed by atoms with Crippen molar-refractivity contribution < 1.29 is 14.3 Å². The lowest BCUT2D eigenvalue weighted by Gasteiger charge is -2.31. The zero-order valence-corrected chi connectivity index (χ0v) is 23.6. The molecule has 5 nitrogen and oxygen atoms in total. The van der Waals surface area contributed by atoms with Crippen LogP contribution in [-0.4, -0.2) is 35.9 Å². The molecule has 2 amide bonds. The van der Waals surface area contributed by atoms with Gasteiger partial charge in [0.15, 0.2) is 6.61 Å². The summed E-state index contributed by atoms with van der Waals surface area (Å²) >= 11 is 6.09. The zero-order valence-electron chi connectivity index (χ0n) is 22.9. The molecular weight excluding hydrogens is 496 g/mol. The summed E-state index contributed by atoms with van der Waals surface area (Å²) in [7, 11) is 0. The third kappa shape index (κ3) is 8.91. The minimum Gasteiger partial charge on any atom is -0.484 e. The largest absolute Gasteiger partial charge is 0.484 e. The predicted molar refractivity (Wildman–Crippen MR) is 154 cm³/mol. The van der Waals surface area contributed by atoms with Crippen LogP contribution in [0.15, 0.2) is 78.9 Å². The first kappa shape index (κ1) is 29.2. The smallest absolute Gasteiger partial charge is 0.261 e. The number of hydrogen-bond acceptors (Lipinski definition) is 3. The van der Waals surface area contributed by atoms with Gasteiger partial charge in [0, 0.05) is 24.5 Å². The van der Waals surface area contributed by atoms with Crippen molar-refractivity contribution >= 4 is 23.4 Å². The molecule has 3 rings (SSSR count). The molecular formula is C32H39ClN2O3. The van der Waals surface area contributed by atoms with E-state index in [1.165, 1.54) is 5.56 Å². The molecule has 38 heavy (non-hydrogen) atoms. The number of nitrogens with zero attached hydrogens (tertiary/aromatic N) is 1. The fraction of sp³-hybridized carbons (Fsp3) is 0.375. The Morgan fingerprint density at radius 1 is 0.921 bits per heavy atom. The van der Waals surface area contributed by atoms with Crippen LogP contribution in [0.5, 0.6) is 5.75 Å². The van der Waals surface area contributed by atoms with E-state index in [1.54, 1.807) is 17.0 Å². The highest BCUT2D eigenvalue weighted by Crippen LogP contribution is 2.24. The Labute approximate surface area is 232 Å². The van der Waals surface area contributed by atoms with Crippen molar-refractivity contribution in [1.29, 1.82) is 0 Å². The van der Waals surface area contributed by atoms with E-state index in [1.807, 2.05) is 66.7 Å². The van der Waals surface area contributed by atoms with Crippen molar-refractivity contribution in [3.63, 3.8) is 0 Å². The maximum Gasteiger partial charge on any atom is 0.261 e. The maximum absolute atomic E-state index is 13.7. The summed E-state index contributed by atoms with van der Waals surface area (Å²) in [5.74, 6) is 0.190. The van der Waals surface area contributed by atoms with Crippen molar-refractivity contribution in [3.05, 3.63) is 101 Å². The summed E-state index contributed by atoms with van der Waals surface area (Å²) in [6.07, 6.45) is 2.25. The Kier molecular flexibility index (Phi) is 10.8. The van der Waals surface area contributed by atoms with Gasteiger partial charge in [-0.15, -0.1) is 0 Å². The van der Waals surface area contributed by atoms with Gasteiger partial charge in [-0.05, 0) is 52.8 Å². The maximum atomic E-state index is 13.7. The standard InChI is InChI=1S/C32H39ClN2O3/c1-5-6-20-34-31(37)29(21-24-10-8-7-9-11-24)35(22-25-12-16-27(33)17-13-25)30(36)23-38-28-18-14-26(15-19-28)32(2,3)4/h7-19,29H,5-6,20-23H2,1-4H3,(H,34,37). The van der Waals surface area contributed by atoms with Crippen molar-refractivity contribution in [3.8, 4) is 5.75 Å². The van der Waals surface area contributed by atoms with Gasteiger partial charge < -0.3 is 15.0 Å². The van der Waals surface area contributed by atoms with E-state index in [4.69, 9.17) is 16.3 Å². The molecule has 0 heterocycles. The fourth-order valence-electron chi connectivity index (χ4n) is 4.13. The molecule has 0 aliphatic carbocycles. The molecule has 3 aromatic carbocycles. The Hall–Kier alpha value is -3.31. The number of halogens is 1. The molecule has 0 saturated carbocycles. The summed E-state index contributed by atoms with van der Waals surface area (Å²) in [6, 6.07) is 24.2. The van der Waals surface area contributed by atoms with Gasteiger partial charge in [-0.2, -0.15) is 0 Å². The molecule has 0 radical (unpaired) electrons. The number of ether oxygens (including phenoxy) is 1. The van der Waals surface area contributed by atoms with E-state index in [0.29, 0.717) is 23.7 Å². The van der Waals surface area contributed by atoms with E-state index in [-0.39, 0.29) is 30.4 Å². The summed E-state index contributed by atoms with van der Waals surface area (Å²) in [4.78, 5) is 28.8. The highest BCUT2D eigenvalue weighted by atomic mass is 35.5. The number of amides is 2. The third-order valence-corrected chi connectivity index (χ3v) is 6.70. The van der Waals surface area contributed by atoms with Gasteiger partial charge in [0.1, 0.15) is 11.8 Å². The molecule has 0 aliphatic rings. The van der Waals surface area contributed by atoms with E-state index in [0.717, 1.165) is 24.0 Å². The first-order valence-electron chi connectivity index (χ1n) is 13.3. The van der Waals surface area contributed by atoms with Gasteiger partial charge in [0.25, 0.3) is 5.91 Å². The summed E-state index contributed by atoms with van der Waals surface area (Å²) in [6.45, 7) is 9.20. The lowest BCUT2D eigenvalue weighted by Crippen LogP contribution is -2.51. The molecule has 1 unspecified atom stereocenters. The van der Waals surface area contributed by atoms with Gasteiger partial charge in [-0.3, -0.25) is 9.59 Å². The SMILES string of the molecule is CCCCNC(=O)C(Cc1ccccc1)N(Cc1ccc(Cl)cc1)C(=O)COc1ccc(C(C)(C)C)cc1. The molecule has 202 valence electrons. The topological polar surface area (TPSA) is 58.6 Å². The normalized spacial score (nSPS) is 12.0. The monoisotopic (exact) mass is 534 g/mol. The number of carbonyl (C=O) groups is 2. The van der Waals surface area contributed by atoms with Crippen LogP contribution in [0.1, 0.15) is 57.2 Å². The summed E-state index contributed by atoms with van der Waals surface area (Å²) < 4.78 is 5.91. The highest BCUT2D eigenvalue weighted by molar-refractivity contribution is 6.30. The Bertz CT molecular complexity index is 1160. The van der Waals surface area contributed by atoms with Crippen LogP contribution in [0.25, 0.3) is 0 Å².